The van der Waals surface area contributed by atoms with Gasteiger partial charge in [0, 0.05) is 12.8 Å². The third kappa shape index (κ3) is 3.11. The summed E-state index contributed by atoms with van der Waals surface area (Å²) < 4.78 is 6.39. The molecule has 0 atom stereocenters. The highest BCUT2D eigenvalue weighted by atomic mass is 16.6. The second-order valence-electron chi connectivity index (χ2n) is 6.00. The van der Waals surface area contributed by atoms with E-state index in [0.717, 1.165) is 64.5 Å². The Bertz CT molecular complexity index is 303. The Kier molecular flexibility index (Phi) is 4.85. The molecule has 0 aromatic heterocycles. The maximum absolute atomic E-state index is 12.5. The van der Waals surface area contributed by atoms with Crippen LogP contribution in [0.1, 0.15) is 65.2 Å². The highest BCUT2D eigenvalue weighted by Gasteiger charge is 2.54. The van der Waals surface area contributed by atoms with Crippen LogP contribution < -0.4 is 10.6 Å². The average Bonchev–Trinajstić information content (AvgIpc) is 2.68. The Balaban J connectivity index is 2.10. The summed E-state index contributed by atoms with van der Waals surface area (Å²) in [6.07, 6.45) is 7.85. The van der Waals surface area contributed by atoms with Gasteiger partial charge in [0.1, 0.15) is 11.3 Å². The number of carbonyl (C=O) groups excluding carboxylic acids is 1. The second kappa shape index (κ2) is 6.23. The zero-order valence-corrected chi connectivity index (χ0v) is 12.4. The van der Waals surface area contributed by atoms with Crippen molar-refractivity contribution in [1.29, 1.82) is 0 Å². The van der Waals surface area contributed by atoms with Gasteiger partial charge < -0.3 is 15.4 Å². The van der Waals surface area contributed by atoms with Gasteiger partial charge in [0.05, 0.1) is 0 Å². The topological polar surface area (TPSA) is 50.4 Å². The van der Waals surface area contributed by atoms with E-state index in [1.807, 2.05) is 0 Å². The molecular weight excluding hydrogens is 240 g/mol. The molecule has 2 aliphatic rings. The lowest BCUT2D eigenvalue weighted by Crippen LogP contribution is -2.50. The van der Waals surface area contributed by atoms with Crippen molar-refractivity contribution in [1.82, 2.24) is 10.6 Å². The number of nitrogens with one attached hydrogen (secondary N) is 2. The van der Waals surface area contributed by atoms with Gasteiger partial charge in [-0.25, -0.2) is 0 Å². The van der Waals surface area contributed by atoms with E-state index in [9.17, 15) is 4.79 Å². The van der Waals surface area contributed by atoms with E-state index in [2.05, 4.69) is 24.5 Å². The molecule has 2 saturated heterocycles. The molecule has 4 heteroatoms. The fraction of sp³-hybridized carbons (Fsp3) is 0.933. The molecule has 19 heavy (non-hydrogen) atoms. The minimum atomic E-state index is -0.552. The van der Waals surface area contributed by atoms with Crippen LogP contribution in [0.5, 0.6) is 0 Å². The van der Waals surface area contributed by atoms with E-state index in [1.165, 1.54) is 0 Å². The van der Waals surface area contributed by atoms with Crippen LogP contribution in [0, 0.1) is 0 Å². The van der Waals surface area contributed by atoms with Crippen molar-refractivity contribution >= 4 is 5.91 Å². The van der Waals surface area contributed by atoms with Gasteiger partial charge in [-0.3, -0.25) is 4.79 Å². The van der Waals surface area contributed by atoms with Gasteiger partial charge in [0.2, 0.25) is 0 Å². The fourth-order valence-corrected chi connectivity index (χ4v) is 3.20. The lowest BCUT2D eigenvalue weighted by atomic mass is 9.90. The Labute approximate surface area is 116 Å². The molecule has 1 amide bonds. The molecule has 0 bridgehead atoms. The van der Waals surface area contributed by atoms with Crippen molar-refractivity contribution in [2.75, 3.05) is 13.1 Å². The minimum Gasteiger partial charge on any atom is -0.339 e. The van der Waals surface area contributed by atoms with E-state index < -0.39 is 5.60 Å². The Morgan fingerprint density at radius 1 is 1.11 bits per heavy atom. The Morgan fingerprint density at radius 2 is 1.68 bits per heavy atom. The van der Waals surface area contributed by atoms with Crippen LogP contribution in [0.15, 0.2) is 0 Å². The lowest BCUT2D eigenvalue weighted by molar-refractivity contribution is -0.148. The molecule has 0 aliphatic carbocycles. The first-order chi connectivity index (χ1) is 9.16. The highest BCUT2D eigenvalue weighted by Crippen LogP contribution is 2.39. The molecule has 1 spiro atoms. The molecule has 2 N–H and O–H groups in total. The molecular formula is C15H28N2O2. The average molecular weight is 268 g/mol. The van der Waals surface area contributed by atoms with Crippen LogP contribution in [-0.2, 0) is 9.53 Å². The maximum atomic E-state index is 12.5. The van der Waals surface area contributed by atoms with Gasteiger partial charge in [-0.2, -0.15) is 0 Å². The van der Waals surface area contributed by atoms with Crippen LogP contribution in [0.4, 0.5) is 0 Å². The van der Waals surface area contributed by atoms with Crippen molar-refractivity contribution in [3.8, 4) is 0 Å². The largest absolute Gasteiger partial charge is 0.339 e. The summed E-state index contributed by atoms with van der Waals surface area (Å²) in [5, 5.41) is 6.51. The molecule has 0 aromatic carbocycles. The first-order valence-corrected chi connectivity index (χ1v) is 7.90. The summed E-state index contributed by atoms with van der Waals surface area (Å²) in [6, 6.07) is 0. The van der Waals surface area contributed by atoms with E-state index in [4.69, 9.17) is 4.74 Å². The molecule has 2 heterocycles. The van der Waals surface area contributed by atoms with Gasteiger partial charge in [0.25, 0.3) is 5.91 Å². The van der Waals surface area contributed by atoms with E-state index in [0.29, 0.717) is 0 Å². The molecule has 0 aromatic rings. The molecule has 0 unspecified atom stereocenters. The third-order valence-electron chi connectivity index (χ3n) is 4.43. The number of unbranched alkanes of at least 4 members (excludes halogenated alkanes) is 2. The summed E-state index contributed by atoms with van der Waals surface area (Å²) in [6.45, 7) is 6.19. The summed E-state index contributed by atoms with van der Waals surface area (Å²) in [5.41, 5.74) is -0.937. The number of ether oxygens (including phenoxy) is 1. The molecule has 2 fully saturated rings. The third-order valence-corrected chi connectivity index (χ3v) is 4.43. The quantitative estimate of drug-likeness (QED) is 0.777. The summed E-state index contributed by atoms with van der Waals surface area (Å²) in [7, 11) is 0. The second-order valence-corrected chi connectivity index (χ2v) is 6.00. The normalized spacial score (nSPS) is 24.6. The maximum Gasteiger partial charge on any atom is 0.254 e. The number of rotatable bonds is 6. The van der Waals surface area contributed by atoms with E-state index in [1.54, 1.807) is 0 Å². The van der Waals surface area contributed by atoms with Crippen molar-refractivity contribution in [2.45, 2.75) is 76.5 Å². The van der Waals surface area contributed by atoms with Crippen LogP contribution in [-0.4, -0.2) is 30.3 Å². The fourth-order valence-electron chi connectivity index (χ4n) is 3.20. The van der Waals surface area contributed by atoms with Crippen molar-refractivity contribution in [3.63, 3.8) is 0 Å². The first-order valence-electron chi connectivity index (χ1n) is 7.90. The summed E-state index contributed by atoms with van der Waals surface area (Å²) in [4.78, 5) is 12.5. The number of amides is 1. The monoisotopic (exact) mass is 268 g/mol. The van der Waals surface area contributed by atoms with Gasteiger partial charge >= 0.3 is 0 Å². The van der Waals surface area contributed by atoms with Crippen molar-refractivity contribution in [3.05, 3.63) is 0 Å². The minimum absolute atomic E-state index is 0.135. The van der Waals surface area contributed by atoms with Crippen LogP contribution in [0.2, 0.25) is 0 Å². The van der Waals surface area contributed by atoms with Crippen molar-refractivity contribution < 1.29 is 9.53 Å². The molecule has 110 valence electrons. The van der Waals surface area contributed by atoms with E-state index in [-0.39, 0.29) is 11.6 Å². The molecule has 0 saturated carbocycles. The molecule has 2 rings (SSSR count). The van der Waals surface area contributed by atoms with Crippen molar-refractivity contribution in [2.24, 2.45) is 0 Å². The van der Waals surface area contributed by atoms with Gasteiger partial charge in [-0.15, -0.1) is 0 Å². The molecule has 4 nitrogen and oxygen atoms in total. The highest BCUT2D eigenvalue weighted by molar-refractivity contribution is 5.87. The number of carbonyl (C=O) groups is 1. The van der Waals surface area contributed by atoms with Crippen LogP contribution in [0.25, 0.3) is 0 Å². The van der Waals surface area contributed by atoms with Gasteiger partial charge in [-0.05, 0) is 25.9 Å². The van der Waals surface area contributed by atoms with E-state index >= 15 is 0 Å². The Hall–Kier alpha value is -0.610. The van der Waals surface area contributed by atoms with Gasteiger partial charge in [0.15, 0.2) is 0 Å². The summed E-state index contributed by atoms with van der Waals surface area (Å²) in [5.74, 6) is 0.135. The summed E-state index contributed by atoms with van der Waals surface area (Å²) >= 11 is 0. The molecule has 0 radical (unpaired) electrons. The predicted octanol–water partition coefficient (Wildman–Crippen LogP) is 2.33. The van der Waals surface area contributed by atoms with Crippen LogP contribution >= 0.6 is 0 Å². The molecule has 2 aliphatic heterocycles. The predicted molar refractivity (Wildman–Crippen MR) is 75.8 cm³/mol. The standard InChI is InChI=1S/C15H28N2O2/c1-3-5-7-14(8-6-4-2)13(18)17-15(19-14)9-11-16-12-10-15/h16H,3-12H2,1-2H3,(H,17,18). The number of hydrogen-bond donors (Lipinski definition) is 2. The first kappa shape index (κ1) is 14.8. The number of piperidine rings is 1. The SMILES string of the molecule is CCCCC1(CCCC)OC2(CCNCC2)NC1=O. The van der Waals surface area contributed by atoms with Crippen LogP contribution in [0.3, 0.4) is 0 Å². The van der Waals surface area contributed by atoms with Gasteiger partial charge in [-0.1, -0.05) is 39.5 Å². The Morgan fingerprint density at radius 3 is 2.21 bits per heavy atom. The number of hydrogen-bond acceptors (Lipinski definition) is 3. The smallest absolute Gasteiger partial charge is 0.254 e. The lowest BCUT2D eigenvalue weighted by Gasteiger charge is -2.35. The zero-order chi connectivity index (χ0) is 13.8. The zero-order valence-electron chi connectivity index (χ0n) is 12.4.